The Kier molecular flexibility index (Phi) is 10.2. The average Bonchev–Trinajstić information content (AvgIpc) is 2.56. The van der Waals surface area contributed by atoms with Crippen molar-refractivity contribution in [2.75, 3.05) is 13.2 Å². The van der Waals surface area contributed by atoms with Gasteiger partial charge in [-0.2, -0.15) is 0 Å². The van der Waals surface area contributed by atoms with Gasteiger partial charge in [-0.25, -0.2) is 4.79 Å². The fourth-order valence-corrected chi connectivity index (χ4v) is 2.34. The van der Waals surface area contributed by atoms with Crippen LogP contribution in [0.4, 0.5) is 0 Å². The lowest BCUT2D eigenvalue weighted by molar-refractivity contribution is 0.0499. The largest absolute Gasteiger partial charge is 0.494 e. The van der Waals surface area contributed by atoms with Crippen molar-refractivity contribution in [2.24, 2.45) is 5.92 Å². The molecule has 3 nitrogen and oxygen atoms in total. The molecule has 0 fully saturated rings. The van der Waals surface area contributed by atoms with Gasteiger partial charge in [0, 0.05) is 0 Å². The van der Waals surface area contributed by atoms with Crippen molar-refractivity contribution in [3.8, 4) is 5.75 Å². The van der Waals surface area contributed by atoms with E-state index in [4.69, 9.17) is 9.47 Å². The van der Waals surface area contributed by atoms with Crippen LogP contribution in [0.3, 0.4) is 0 Å². The molecule has 0 aliphatic rings. The monoisotopic (exact) mass is 320 g/mol. The van der Waals surface area contributed by atoms with Crippen LogP contribution >= 0.6 is 0 Å². The van der Waals surface area contributed by atoms with Crippen LogP contribution in [0.25, 0.3) is 0 Å². The third-order valence-corrected chi connectivity index (χ3v) is 4.00. The van der Waals surface area contributed by atoms with Gasteiger partial charge in [-0.05, 0) is 43.0 Å². The fraction of sp³-hybridized carbons (Fsp3) is 0.650. The topological polar surface area (TPSA) is 35.5 Å². The molecule has 1 aromatic carbocycles. The Morgan fingerprint density at radius 2 is 1.65 bits per heavy atom. The van der Waals surface area contributed by atoms with Gasteiger partial charge in [0.2, 0.25) is 0 Å². The second-order valence-electron chi connectivity index (χ2n) is 6.25. The van der Waals surface area contributed by atoms with Crippen molar-refractivity contribution >= 4 is 5.97 Å². The predicted molar refractivity (Wildman–Crippen MR) is 95.1 cm³/mol. The van der Waals surface area contributed by atoms with Gasteiger partial charge in [0.05, 0.1) is 18.8 Å². The minimum Gasteiger partial charge on any atom is -0.494 e. The Morgan fingerprint density at radius 1 is 0.957 bits per heavy atom. The third-order valence-electron chi connectivity index (χ3n) is 4.00. The zero-order chi connectivity index (χ0) is 16.9. The Morgan fingerprint density at radius 3 is 2.30 bits per heavy atom. The molecule has 3 heteroatoms. The first-order valence-corrected chi connectivity index (χ1v) is 9.07. The molecular weight excluding hydrogens is 288 g/mol. The van der Waals surface area contributed by atoms with Gasteiger partial charge in [0.15, 0.2) is 0 Å². The van der Waals surface area contributed by atoms with E-state index < -0.39 is 0 Å². The lowest BCUT2D eigenvalue weighted by atomic mass is 10.0. The van der Waals surface area contributed by atoms with E-state index in [0.29, 0.717) is 18.1 Å². The number of unbranched alkanes of at least 4 members (excludes halogenated alkanes) is 3. The van der Waals surface area contributed by atoms with Gasteiger partial charge in [0.25, 0.3) is 0 Å². The standard InChI is InChI=1S/C20H32O3/c1-4-6-8-9-17(3)14-16-22-19-12-10-18(11-13-19)20(21)23-15-7-5-2/h10-13,17H,4-9,14-16H2,1-3H3. The van der Waals surface area contributed by atoms with E-state index in [9.17, 15) is 4.79 Å². The number of carbonyl (C=O) groups is 1. The van der Waals surface area contributed by atoms with Crippen LogP contribution in [0.15, 0.2) is 24.3 Å². The van der Waals surface area contributed by atoms with Crippen LogP contribution < -0.4 is 4.74 Å². The molecule has 1 rings (SSSR count). The Bertz CT molecular complexity index is 425. The SMILES string of the molecule is CCCCCC(C)CCOc1ccc(C(=O)OCCCC)cc1. The van der Waals surface area contributed by atoms with Crippen LogP contribution in [0.2, 0.25) is 0 Å². The molecular formula is C20H32O3. The minimum absolute atomic E-state index is 0.255. The highest BCUT2D eigenvalue weighted by molar-refractivity contribution is 5.89. The van der Waals surface area contributed by atoms with Crippen molar-refractivity contribution in [3.63, 3.8) is 0 Å². The summed E-state index contributed by atoms with van der Waals surface area (Å²) in [5.41, 5.74) is 0.585. The highest BCUT2D eigenvalue weighted by Gasteiger charge is 2.07. The van der Waals surface area contributed by atoms with Crippen molar-refractivity contribution in [3.05, 3.63) is 29.8 Å². The summed E-state index contributed by atoms with van der Waals surface area (Å²) in [5, 5.41) is 0. The van der Waals surface area contributed by atoms with E-state index in [-0.39, 0.29) is 5.97 Å². The number of benzene rings is 1. The molecule has 0 N–H and O–H groups in total. The van der Waals surface area contributed by atoms with Crippen LogP contribution in [0, 0.1) is 5.92 Å². The van der Waals surface area contributed by atoms with Gasteiger partial charge >= 0.3 is 5.97 Å². The molecule has 0 heterocycles. The van der Waals surface area contributed by atoms with Gasteiger partial charge in [-0.15, -0.1) is 0 Å². The zero-order valence-electron chi connectivity index (χ0n) is 15.0. The summed E-state index contributed by atoms with van der Waals surface area (Å²) >= 11 is 0. The summed E-state index contributed by atoms with van der Waals surface area (Å²) in [6.07, 6.45) is 8.19. The number of esters is 1. The molecule has 0 aromatic heterocycles. The lowest BCUT2D eigenvalue weighted by Crippen LogP contribution is -2.07. The van der Waals surface area contributed by atoms with Crippen molar-refractivity contribution in [1.82, 2.24) is 0 Å². The molecule has 1 unspecified atom stereocenters. The maximum atomic E-state index is 11.8. The summed E-state index contributed by atoms with van der Waals surface area (Å²) in [6.45, 7) is 7.81. The number of carbonyl (C=O) groups excluding carboxylic acids is 1. The molecule has 0 saturated carbocycles. The first-order chi connectivity index (χ1) is 11.2. The maximum Gasteiger partial charge on any atom is 0.338 e. The highest BCUT2D eigenvalue weighted by atomic mass is 16.5. The van der Waals surface area contributed by atoms with Crippen molar-refractivity contribution in [2.45, 2.75) is 65.7 Å². The molecule has 0 spiro atoms. The molecule has 1 atom stereocenters. The third kappa shape index (κ3) is 8.63. The molecule has 0 amide bonds. The maximum absolute atomic E-state index is 11.8. The van der Waals surface area contributed by atoms with Crippen LogP contribution in [-0.2, 0) is 4.74 Å². The quantitative estimate of drug-likeness (QED) is 0.370. The minimum atomic E-state index is -0.255. The fourth-order valence-electron chi connectivity index (χ4n) is 2.34. The number of hydrogen-bond donors (Lipinski definition) is 0. The van der Waals surface area contributed by atoms with E-state index in [1.54, 1.807) is 12.1 Å². The van der Waals surface area contributed by atoms with E-state index in [2.05, 4.69) is 20.8 Å². The van der Waals surface area contributed by atoms with Gasteiger partial charge in [0.1, 0.15) is 5.75 Å². The molecule has 23 heavy (non-hydrogen) atoms. The second-order valence-corrected chi connectivity index (χ2v) is 6.25. The van der Waals surface area contributed by atoms with Gasteiger partial charge in [-0.3, -0.25) is 0 Å². The number of ether oxygens (including phenoxy) is 2. The smallest absolute Gasteiger partial charge is 0.338 e. The molecule has 0 radical (unpaired) electrons. The Labute approximate surface area is 141 Å². The van der Waals surface area contributed by atoms with E-state index in [1.165, 1.54) is 25.7 Å². The van der Waals surface area contributed by atoms with E-state index in [0.717, 1.165) is 31.6 Å². The van der Waals surface area contributed by atoms with Gasteiger partial charge < -0.3 is 9.47 Å². The summed E-state index contributed by atoms with van der Waals surface area (Å²) in [4.78, 5) is 11.8. The highest BCUT2D eigenvalue weighted by Crippen LogP contribution is 2.16. The van der Waals surface area contributed by atoms with Crippen molar-refractivity contribution < 1.29 is 14.3 Å². The lowest BCUT2D eigenvalue weighted by Gasteiger charge is -2.12. The molecule has 0 aliphatic heterocycles. The normalized spacial score (nSPS) is 12.0. The summed E-state index contributed by atoms with van der Waals surface area (Å²) < 4.78 is 11.0. The van der Waals surface area contributed by atoms with Crippen LogP contribution in [0.1, 0.15) is 76.1 Å². The summed E-state index contributed by atoms with van der Waals surface area (Å²) in [7, 11) is 0. The molecule has 130 valence electrons. The second kappa shape index (κ2) is 12.0. The predicted octanol–water partition coefficient (Wildman–Crippen LogP) is 5.63. The summed E-state index contributed by atoms with van der Waals surface area (Å²) in [6, 6.07) is 7.24. The summed E-state index contributed by atoms with van der Waals surface area (Å²) in [5.74, 6) is 1.26. The Balaban J connectivity index is 2.27. The molecule has 0 saturated heterocycles. The van der Waals surface area contributed by atoms with Crippen LogP contribution in [-0.4, -0.2) is 19.2 Å². The molecule has 0 aliphatic carbocycles. The molecule has 1 aromatic rings. The first kappa shape index (κ1) is 19.5. The van der Waals surface area contributed by atoms with Gasteiger partial charge in [-0.1, -0.05) is 52.9 Å². The zero-order valence-corrected chi connectivity index (χ0v) is 15.0. The molecule has 0 bridgehead atoms. The van der Waals surface area contributed by atoms with E-state index >= 15 is 0 Å². The van der Waals surface area contributed by atoms with Crippen molar-refractivity contribution in [1.29, 1.82) is 0 Å². The average molecular weight is 320 g/mol. The Hall–Kier alpha value is -1.51. The van der Waals surface area contributed by atoms with E-state index in [1.807, 2.05) is 12.1 Å². The number of hydrogen-bond acceptors (Lipinski definition) is 3. The first-order valence-electron chi connectivity index (χ1n) is 9.07. The number of rotatable bonds is 12. The van der Waals surface area contributed by atoms with Crippen LogP contribution in [0.5, 0.6) is 5.75 Å².